The van der Waals surface area contributed by atoms with Crippen molar-refractivity contribution in [2.24, 2.45) is 0 Å². The van der Waals surface area contributed by atoms with Crippen LogP contribution in [0.3, 0.4) is 0 Å². The van der Waals surface area contributed by atoms with Gasteiger partial charge >= 0.3 is 43.7 Å². The molecule has 0 saturated heterocycles. The Labute approximate surface area is 79.2 Å². The SMILES string of the molecule is O=CNCC(=O)O.[Ca+2].[H-].[H-]. The van der Waals surface area contributed by atoms with Gasteiger partial charge in [-0.3, -0.25) is 9.59 Å². The van der Waals surface area contributed by atoms with Crippen LogP contribution in [0.25, 0.3) is 0 Å². The van der Waals surface area contributed by atoms with E-state index in [1.54, 1.807) is 0 Å². The maximum Gasteiger partial charge on any atom is 2.00 e. The van der Waals surface area contributed by atoms with Crippen LogP contribution in [0, 0.1) is 0 Å². The van der Waals surface area contributed by atoms with Crippen molar-refractivity contribution in [1.29, 1.82) is 0 Å². The van der Waals surface area contributed by atoms with Crippen molar-refractivity contribution >= 4 is 50.1 Å². The van der Waals surface area contributed by atoms with Crippen molar-refractivity contribution in [3.05, 3.63) is 0 Å². The first-order valence-corrected chi connectivity index (χ1v) is 1.66. The van der Waals surface area contributed by atoms with Crippen molar-refractivity contribution in [2.75, 3.05) is 6.54 Å². The Balaban J connectivity index is -0.0000000600. The molecule has 0 aliphatic heterocycles. The predicted molar refractivity (Wildman–Crippen MR) is 29.7 cm³/mol. The first kappa shape index (κ1) is 11.1. The fourth-order valence-corrected chi connectivity index (χ4v) is 0.129. The molecule has 0 atom stereocenters. The number of carbonyl (C=O) groups excluding carboxylic acids is 1. The Kier molecular flexibility index (Phi) is 9.95. The number of rotatable bonds is 3. The van der Waals surface area contributed by atoms with Gasteiger partial charge in [0.05, 0.1) is 0 Å². The molecule has 0 heterocycles. The molecule has 0 aromatic heterocycles. The standard InChI is InChI=1S/C3H5NO3.Ca.2H/c5-2-4-1-3(6)7;;;/h2H,1H2,(H,4,5)(H,6,7);;;/q;+2;2*-1. The van der Waals surface area contributed by atoms with E-state index in [0.717, 1.165) is 0 Å². The molecule has 0 bridgehead atoms. The summed E-state index contributed by atoms with van der Waals surface area (Å²) in [6.07, 6.45) is 0.341. The van der Waals surface area contributed by atoms with Gasteiger partial charge in [-0.1, -0.05) is 0 Å². The zero-order valence-electron chi connectivity index (χ0n) is 6.26. The second kappa shape index (κ2) is 7.20. The number of hydrogen-bond acceptors (Lipinski definition) is 2. The van der Waals surface area contributed by atoms with Crippen molar-refractivity contribution < 1.29 is 17.5 Å². The summed E-state index contributed by atoms with van der Waals surface area (Å²) in [4.78, 5) is 18.9. The molecule has 0 aromatic carbocycles. The van der Waals surface area contributed by atoms with E-state index in [1.807, 2.05) is 5.32 Å². The number of hydrogen-bond donors (Lipinski definition) is 2. The third-order valence-electron chi connectivity index (χ3n) is 0.337. The Morgan fingerprint density at radius 1 is 1.88 bits per heavy atom. The van der Waals surface area contributed by atoms with E-state index < -0.39 is 5.97 Å². The smallest absolute Gasteiger partial charge is 1.00 e. The van der Waals surface area contributed by atoms with Gasteiger partial charge in [0, 0.05) is 0 Å². The molecule has 0 rings (SSSR count). The Hall–Kier alpha value is 0.200. The van der Waals surface area contributed by atoms with Crippen LogP contribution in [-0.4, -0.2) is 61.8 Å². The number of aliphatic carboxylic acids is 1. The largest absolute Gasteiger partial charge is 2.00 e. The molecule has 2 N–H and O–H groups in total. The second-order valence-corrected chi connectivity index (χ2v) is 0.892. The molecule has 8 heavy (non-hydrogen) atoms. The van der Waals surface area contributed by atoms with E-state index in [-0.39, 0.29) is 47.1 Å². The summed E-state index contributed by atoms with van der Waals surface area (Å²) in [6.45, 7) is -0.302. The van der Waals surface area contributed by atoms with E-state index >= 15 is 0 Å². The van der Waals surface area contributed by atoms with Gasteiger partial charge in [-0.15, -0.1) is 0 Å². The van der Waals surface area contributed by atoms with Crippen molar-refractivity contribution in [1.82, 2.24) is 5.32 Å². The van der Waals surface area contributed by atoms with Crippen LogP contribution in [0.1, 0.15) is 2.85 Å². The Bertz CT molecular complexity index is 91.8. The van der Waals surface area contributed by atoms with Crippen LogP contribution in [0.15, 0.2) is 0 Å². The summed E-state index contributed by atoms with van der Waals surface area (Å²) in [6, 6.07) is 0. The Morgan fingerprint density at radius 2 is 2.38 bits per heavy atom. The van der Waals surface area contributed by atoms with Gasteiger partial charge in [0.2, 0.25) is 6.41 Å². The van der Waals surface area contributed by atoms with E-state index in [4.69, 9.17) is 5.11 Å². The van der Waals surface area contributed by atoms with Gasteiger partial charge in [0.1, 0.15) is 6.54 Å². The predicted octanol–water partition coefficient (Wildman–Crippen LogP) is -1.34. The molecular formula is C3H7CaNO3. The third-order valence-corrected chi connectivity index (χ3v) is 0.337. The first-order chi connectivity index (χ1) is 3.27. The molecule has 0 aliphatic rings. The summed E-state index contributed by atoms with van der Waals surface area (Å²) in [5.41, 5.74) is 0. The van der Waals surface area contributed by atoms with Gasteiger partial charge in [0.15, 0.2) is 0 Å². The number of nitrogens with one attached hydrogen (secondary N) is 1. The number of carbonyl (C=O) groups is 2. The van der Waals surface area contributed by atoms with E-state index in [2.05, 4.69) is 0 Å². The number of carboxylic acid groups (broad SMARTS) is 1. The van der Waals surface area contributed by atoms with Crippen molar-refractivity contribution in [3.63, 3.8) is 0 Å². The van der Waals surface area contributed by atoms with Crippen LogP contribution in [0.4, 0.5) is 0 Å². The molecule has 4 nitrogen and oxygen atoms in total. The Morgan fingerprint density at radius 3 is 2.50 bits per heavy atom. The topological polar surface area (TPSA) is 66.4 Å². The minimum absolute atomic E-state index is 0. The minimum Gasteiger partial charge on any atom is -1.00 e. The fraction of sp³-hybridized carbons (Fsp3) is 0.333. The van der Waals surface area contributed by atoms with Crippen LogP contribution in [-0.2, 0) is 9.59 Å². The minimum atomic E-state index is -1.04. The molecule has 0 aliphatic carbocycles. The van der Waals surface area contributed by atoms with Gasteiger partial charge in [-0.25, -0.2) is 0 Å². The van der Waals surface area contributed by atoms with Gasteiger partial charge in [-0.2, -0.15) is 0 Å². The van der Waals surface area contributed by atoms with Crippen LogP contribution >= 0.6 is 0 Å². The molecule has 5 heteroatoms. The normalized spacial score (nSPS) is 6.50. The maximum absolute atomic E-state index is 9.54. The number of carboxylic acids is 1. The zero-order valence-corrected chi connectivity index (χ0v) is 6.46. The van der Waals surface area contributed by atoms with Gasteiger partial charge in [-0.05, 0) is 0 Å². The molecule has 0 saturated carbocycles. The summed E-state index contributed by atoms with van der Waals surface area (Å²) in [5.74, 6) is -1.04. The summed E-state index contributed by atoms with van der Waals surface area (Å²) < 4.78 is 0. The molecule has 0 radical (unpaired) electrons. The van der Waals surface area contributed by atoms with Crippen molar-refractivity contribution in [2.45, 2.75) is 0 Å². The summed E-state index contributed by atoms with van der Waals surface area (Å²) in [5, 5.41) is 9.79. The third kappa shape index (κ3) is 9.50. The molecule has 0 fully saturated rings. The average Bonchev–Trinajstić information content (AvgIpc) is 1.61. The molecule has 0 aromatic rings. The fourth-order valence-electron chi connectivity index (χ4n) is 0.129. The van der Waals surface area contributed by atoms with E-state index in [0.29, 0.717) is 6.41 Å². The van der Waals surface area contributed by atoms with Crippen molar-refractivity contribution in [3.8, 4) is 0 Å². The molecule has 0 unspecified atom stereocenters. The summed E-state index contributed by atoms with van der Waals surface area (Å²) >= 11 is 0. The quantitative estimate of drug-likeness (QED) is 0.381. The maximum atomic E-state index is 9.54. The second-order valence-electron chi connectivity index (χ2n) is 0.892. The molecule has 0 spiro atoms. The van der Waals surface area contributed by atoms with Crippen LogP contribution < -0.4 is 5.32 Å². The summed E-state index contributed by atoms with van der Waals surface area (Å²) in [7, 11) is 0. The molecule has 44 valence electrons. The first-order valence-electron chi connectivity index (χ1n) is 1.66. The van der Waals surface area contributed by atoms with Gasteiger partial charge < -0.3 is 13.3 Å². The monoisotopic (exact) mass is 145 g/mol. The average molecular weight is 145 g/mol. The van der Waals surface area contributed by atoms with E-state index in [1.165, 1.54) is 0 Å². The van der Waals surface area contributed by atoms with Crippen LogP contribution in [0.2, 0.25) is 0 Å². The van der Waals surface area contributed by atoms with E-state index in [9.17, 15) is 9.59 Å². The molecular weight excluding hydrogens is 138 g/mol. The molecule has 1 amide bonds. The van der Waals surface area contributed by atoms with Crippen LogP contribution in [0.5, 0.6) is 0 Å². The van der Waals surface area contributed by atoms with Gasteiger partial charge in [0.25, 0.3) is 0 Å². The number of amides is 1. The zero-order chi connectivity index (χ0) is 5.70.